The van der Waals surface area contributed by atoms with E-state index in [9.17, 15) is 8.42 Å². The fourth-order valence-electron chi connectivity index (χ4n) is 2.63. The highest BCUT2D eigenvalue weighted by Gasteiger charge is 2.32. The lowest BCUT2D eigenvalue weighted by Crippen LogP contribution is -2.51. The lowest BCUT2D eigenvalue weighted by atomic mass is 10.0. The van der Waals surface area contributed by atoms with Crippen LogP contribution in [0, 0.1) is 5.92 Å². The Labute approximate surface area is 104 Å². The smallest absolute Gasteiger partial charge is 0.279 e. The maximum Gasteiger partial charge on any atom is 0.279 e. The highest BCUT2D eigenvalue weighted by atomic mass is 32.2. The Balaban J connectivity index is 1.94. The molecule has 5 nitrogen and oxygen atoms in total. The fraction of sp³-hybridized carbons (Fsp3) is 1.00. The quantitative estimate of drug-likeness (QED) is 0.773. The minimum Gasteiger partial charge on any atom is -0.326 e. The second-order valence-electron chi connectivity index (χ2n) is 5.41. The molecule has 0 aromatic carbocycles. The molecule has 0 amide bonds. The van der Waals surface area contributed by atoms with Crippen LogP contribution in [0.1, 0.15) is 39.0 Å². The molecule has 0 spiro atoms. The van der Waals surface area contributed by atoms with Crippen molar-refractivity contribution in [3.63, 3.8) is 0 Å². The second-order valence-corrected chi connectivity index (χ2v) is 7.11. The van der Waals surface area contributed by atoms with Crippen LogP contribution in [0.25, 0.3) is 0 Å². The van der Waals surface area contributed by atoms with Crippen LogP contribution in [-0.2, 0) is 10.2 Å². The van der Waals surface area contributed by atoms with Crippen LogP contribution in [0.5, 0.6) is 0 Å². The first-order valence-corrected chi connectivity index (χ1v) is 7.96. The van der Waals surface area contributed by atoms with Gasteiger partial charge in [0.05, 0.1) is 0 Å². The number of nitrogens with one attached hydrogen (secondary N) is 1. The first-order chi connectivity index (χ1) is 7.99. The fourth-order valence-corrected chi connectivity index (χ4v) is 4.14. The van der Waals surface area contributed by atoms with Crippen molar-refractivity contribution < 1.29 is 8.42 Å². The summed E-state index contributed by atoms with van der Waals surface area (Å²) in [6.07, 6.45) is 4.72. The molecule has 2 unspecified atom stereocenters. The molecule has 2 aliphatic rings. The third-order valence-electron chi connectivity index (χ3n) is 3.95. The Hall–Kier alpha value is -0.170. The van der Waals surface area contributed by atoms with Gasteiger partial charge in [-0.05, 0) is 31.6 Å². The van der Waals surface area contributed by atoms with Crippen molar-refractivity contribution >= 4 is 10.2 Å². The summed E-state index contributed by atoms with van der Waals surface area (Å²) in [7, 11) is -3.32. The molecule has 0 radical (unpaired) electrons. The Bertz CT molecular complexity index is 350. The first kappa shape index (κ1) is 13.3. The van der Waals surface area contributed by atoms with E-state index < -0.39 is 10.2 Å². The predicted octanol–water partition coefficient (Wildman–Crippen LogP) is 0.433. The number of nitrogens with two attached hydrogens (primary N) is 1. The predicted molar refractivity (Wildman–Crippen MR) is 67.6 cm³/mol. The molecule has 0 aromatic heterocycles. The molecule has 3 N–H and O–H groups in total. The van der Waals surface area contributed by atoms with Crippen molar-refractivity contribution in [3.8, 4) is 0 Å². The van der Waals surface area contributed by atoms with E-state index in [0.717, 1.165) is 32.1 Å². The second kappa shape index (κ2) is 5.22. The van der Waals surface area contributed by atoms with E-state index in [4.69, 9.17) is 5.73 Å². The standard InChI is InChI=1S/C11H23N3O2S/c1-9-5-7-14(8-6-9)17(15,16)13-11-4-2-3-10(11)12/h9-11,13H,2-8,12H2,1H3. The Morgan fingerprint density at radius 3 is 2.35 bits per heavy atom. The molecule has 0 aromatic rings. The molecule has 17 heavy (non-hydrogen) atoms. The highest BCUT2D eigenvalue weighted by molar-refractivity contribution is 7.87. The monoisotopic (exact) mass is 261 g/mol. The minimum atomic E-state index is -3.32. The molecule has 1 saturated carbocycles. The van der Waals surface area contributed by atoms with Crippen LogP contribution in [0.15, 0.2) is 0 Å². The molecule has 1 aliphatic carbocycles. The molecule has 2 fully saturated rings. The largest absolute Gasteiger partial charge is 0.326 e. The maximum absolute atomic E-state index is 12.2. The Kier molecular flexibility index (Phi) is 4.07. The number of piperidine rings is 1. The lowest BCUT2D eigenvalue weighted by molar-refractivity contribution is 0.283. The van der Waals surface area contributed by atoms with Crippen molar-refractivity contribution in [2.24, 2.45) is 11.7 Å². The van der Waals surface area contributed by atoms with Gasteiger partial charge in [-0.25, -0.2) is 0 Å². The summed E-state index contributed by atoms with van der Waals surface area (Å²) in [5.41, 5.74) is 5.89. The number of nitrogens with zero attached hydrogens (tertiary/aromatic N) is 1. The van der Waals surface area contributed by atoms with Crippen LogP contribution >= 0.6 is 0 Å². The zero-order valence-electron chi connectivity index (χ0n) is 10.4. The van der Waals surface area contributed by atoms with E-state index in [0.29, 0.717) is 19.0 Å². The van der Waals surface area contributed by atoms with Crippen LogP contribution in [0.3, 0.4) is 0 Å². The zero-order valence-corrected chi connectivity index (χ0v) is 11.2. The first-order valence-electron chi connectivity index (χ1n) is 6.52. The van der Waals surface area contributed by atoms with Crippen LogP contribution in [0.4, 0.5) is 0 Å². The van der Waals surface area contributed by atoms with E-state index in [1.807, 2.05) is 0 Å². The van der Waals surface area contributed by atoms with Crippen LogP contribution in [-0.4, -0.2) is 37.9 Å². The third-order valence-corrected chi connectivity index (χ3v) is 5.60. The van der Waals surface area contributed by atoms with Gasteiger partial charge in [-0.15, -0.1) is 0 Å². The molecular formula is C11H23N3O2S. The van der Waals surface area contributed by atoms with Crippen LogP contribution < -0.4 is 10.5 Å². The summed E-state index contributed by atoms with van der Waals surface area (Å²) >= 11 is 0. The molecule has 2 atom stereocenters. The lowest BCUT2D eigenvalue weighted by Gasteiger charge is -2.31. The minimum absolute atomic E-state index is 0.0199. The highest BCUT2D eigenvalue weighted by Crippen LogP contribution is 2.21. The summed E-state index contributed by atoms with van der Waals surface area (Å²) in [6.45, 7) is 3.45. The molecule has 1 heterocycles. The summed E-state index contributed by atoms with van der Waals surface area (Å²) in [5, 5.41) is 0. The third kappa shape index (κ3) is 3.19. The SMILES string of the molecule is CC1CCN(S(=O)(=O)NC2CCCC2N)CC1. The van der Waals surface area contributed by atoms with Gasteiger partial charge in [0.15, 0.2) is 0 Å². The van der Waals surface area contributed by atoms with Gasteiger partial charge in [0.2, 0.25) is 0 Å². The average Bonchev–Trinajstić information content (AvgIpc) is 2.64. The maximum atomic E-state index is 12.2. The van der Waals surface area contributed by atoms with Gasteiger partial charge in [0, 0.05) is 25.2 Å². The summed E-state index contributed by atoms with van der Waals surface area (Å²) in [5.74, 6) is 0.634. The van der Waals surface area contributed by atoms with Crippen LogP contribution in [0.2, 0.25) is 0 Å². The van der Waals surface area contributed by atoms with E-state index in [2.05, 4.69) is 11.6 Å². The zero-order chi connectivity index (χ0) is 12.5. The van der Waals surface area contributed by atoms with Gasteiger partial charge < -0.3 is 5.73 Å². The van der Waals surface area contributed by atoms with Gasteiger partial charge in [-0.3, -0.25) is 0 Å². The molecule has 6 heteroatoms. The molecule has 1 saturated heterocycles. The summed E-state index contributed by atoms with van der Waals surface area (Å²) in [6, 6.07) is -0.0900. The number of rotatable bonds is 3. The molecule has 1 aliphatic heterocycles. The van der Waals surface area contributed by atoms with E-state index in [1.54, 1.807) is 4.31 Å². The van der Waals surface area contributed by atoms with Gasteiger partial charge in [0.1, 0.15) is 0 Å². The van der Waals surface area contributed by atoms with Crippen molar-refractivity contribution in [1.82, 2.24) is 9.03 Å². The van der Waals surface area contributed by atoms with Crippen molar-refractivity contribution in [3.05, 3.63) is 0 Å². The Morgan fingerprint density at radius 2 is 1.82 bits per heavy atom. The number of hydrogen-bond acceptors (Lipinski definition) is 3. The molecule has 0 bridgehead atoms. The Morgan fingerprint density at radius 1 is 1.18 bits per heavy atom. The summed E-state index contributed by atoms with van der Waals surface area (Å²) in [4.78, 5) is 0. The van der Waals surface area contributed by atoms with E-state index in [1.165, 1.54) is 0 Å². The van der Waals surface area contributed by atoms with Crippen molar-refractivity contribution in [2.45, 2.75) is 51.1 Å². The van der Waals surface area contributed by atoms with Gasteiger partial charge in [-0.2, -0.15) is 17.4 Å². The average molecular weight is 261 g/mol. The van der Waals surface area contributed by atoms with Gasteiger partial charge in [0.25, 0.3) is 10.2 Å². The normalized spacial score (nSPS) is 33.1. The van der Waals surface area contributed by atoms with E-state index in [-0.39, 0.29) is 12.1 Å². The van der Waals surface area contributed by atoms with Crippen molar-refractivity contribution in [2.75, 3.05) is 13.1 Å². The van der Waals surface area contributed by atoms with Crippen molar-refractivity contribution in [1.29, 1.82) is 0 Å². The molecule has 2 rings (SSSR count). The number of hydrogen-bond donors (Lipinski definition) is 2. The topological polar surface area (TPSA) is 75.4 Å². The van der Waals surface area contributed by atoms with E-state index >= 15 is 0 Å². The molecular weight excluding hydrogens is 238 g/mol. The summed E-state index contributed by atoms with van der Waals surface area (Å²) < 4.78 is 28.6. The van der Waals surface area contributed by atoms with Gasteiger partial charge >= 0.3 is 0 Å². The molecule has 100 valence electrons. The van der Waals surface area contributed by atoms with Gasteiger partial charge in [-0.1, -0.05) is 13.3 Å².